The second-order valence-electron chi connectivity index (χ2n) is 2.55. The molecule has 5 heteroatoms. The average molecular weight is 181 g/mol. The third kappa shape index (κ3) is 1.28. The Morgan fingerprint density at radius 3 is 2.38 bits per heavy atom. The molecule has 0 radical (unpaired) electrons. The van der Waals surface area contributed by atoms with Crippen molar-refractivity contribution in [3.63, 3.8) is 0 Å². The fourth-order valence-corrected chi connectivity index (χ4v) is 1.02. The summed E-state index contributed by atoms with van der Waals surface area (Å²) in [5, 5.41) is 0. The molecule has 0 spiro atoms. The van der Waals surface area contributed by atoms with Crippen molar-refractivity contribution in [2.75, 3.05) is 5.73 Å². The molecule has 0 aliphatic heterocycles. The van der Waals surface area contributed by atoms with Crippen molar-refractivity contribution >= 4 is 16.9 Å². The van der Waals surface area contributed by atoms with Crippen LogP contribution < -0.4 is 5.73 Å². The van der Waals surface area contributed by atoms with E-state index in [4.69, 9.17) is 5.73 Å². The molecule has 0 amide bonds. The van der Waals surface area contributed by atoms with Gasteiger partial charge in [-0.1, -0.05) is 0 Å². The monoisotopic (exact) mass is 181 g/mol. The van der Waals surface area contributed by atoms with Gasteiger partial charge in [-0.15, -0.1) is 0 Å². The van der Waals surface area contributed by atoms with Gasteiger partial charge >= 0.3 is 0 Å². The zero-order valence-corrected chi connectivity index (χ0v) is 6.46. The molecule has 0 bridgehead atoms. The van der Waals surface area contributed by atoms with Crippen LogP contribution in [0.2, 0.25) is 0 Å². The number of benzene rings is 1. The van der Waals surface area contributed by atoms with E-state index in [0.717, 1.165) is 12.1 Å². The maximum atomic E-state index is 12.7. The zero-order chi connectivity index (χ0) is 9.42. The summed E-state index contributed by atoms with van der Waals surface area (Å²) >= 11 is 0. The number of aromatic nitrogens is 2. The highest BCUT2D eigenvalue weighted by Gasteiger charge is 2.05. The van der Waals surface area contributed by atoms with Gasteiger partial charge in [-0.2, -0.15) is 0 Å². The summed E-state index contributed by atoms with van der Waals surface area (Å²) in [4.78, 5) is 7.57. The topological polar surface area (TPSA) is 51.8 Å². The van der Waals surface area contributed by atoms with Crippen molar-refractivity contribution in [1.82, 2.24) is 9.97 Å². The molecule has 0 saturated heterocycles. The minimum atomic E-state index is -0.951. The summed E-state index contributed by atoms with van der Waals surface area (Å²) in [6.45, 7) is 0. The summed E-state index contributed by atoms with van der Waals surface area (Å²) in [7, 11) is 0. The molecule has 2 N–H and O–H groups in total. The van der Waals surface area contributed by atoms with Gasteiger partial charge in [0.15, 0.2) is 11.6 Å². The lowest BCUT2D eigenvalue weighted by Crippen LogP contribution is -1.94. The molecule has 3 nitrogen and oxygen atoms in total. The lowest BCUT2D eigenvalue weighted by molar-refractivity contribution is 0.510. The van der Waals surface area contributed by atoms with Gasteiger partial charge in [0.1, 0.15) is 5.82 Å². The first-order valence-corrected chi connectivity index (χ1v) is 3.54. The van der Waals surface area contributed by atoms with Crippen LogP contribution in [0.1, 0.15) is 0 Å². The van der Waals surface area contributed by atoms with Crippen LogP contribution in [0.4, 0.5) is 14.6 Å². The number of fused-ring (bicyclic) bond motifs is 1. The molecule has 13 heavy (non-hydrogen) atoms. The maximum absolute atomic E-state index is 12.7. The number of hydrogen-bond acceptors (Lipinski definition) is 3. The Morgan fingerprint density at radius 2 is 1.69 bits per heavy atom. The first-order valence-electron chi connectivity index (χ1n) is 3.54. The highest BCUT2D eigenvalue weighted by atomic mass is 19.2. The van der Waals surface area contributed by atoms with Crippen LogP contribution in [0.25, 0.3) is 11.0 Å². The quantitative estimate of drug-likeness (QED) is 0.669. The Bertz CT molecular complexity index is 470. The summed E-state index contributed by atoms with van der Waals surface area (Å²) in [5.41, 5.74) is 5.86. The van der Waals surface area contributed by atoms with E-state index in [2.05, 4.69) is 9.97 Å². The SMILES string of the molecule is Nc1cnc2cc(F)c(F)cc2n1. The van der Waals surface area contributed by atoms with Gasteiger partial charge in [-0.25, -0.2) is 13.8 Å². The largest absolute Gasteiger partial charge is 0.382 e. The van der Waals surface area contributed by atoms with Crippen LogP contribution in [0.15, 0.2) is 18.3 Å². The molecular formula is C8H5F2N3. The predicted molar refractivity (Wildman–Crippen MR) is 43.9 cm³/mol. The summed E-state index contributed by atoms with van der Waals surface area (Å²) in [6, 6.07) is 1.95. The predicted octanol–water partition coefficient (Wildman–Crippen LogP) is 1.49. The van der Waals surface area contributed by atoms with E-state index >= 15 is 0 Å². The molecule has 0 saturated carbocycles. The fraction of sp³-hybridized carbons (Fsp3) is 0. The first kappa shape index (κ1) is 7.85. The lowest BCUT2D eigenvalue weighted by Gasteiger charge is -1.98. The minimum Gasteiger partial charge on any atom is -0.382 e. The van der Waals surface area contributed by atoms with Crippen molar-refractivity contribution < 1.29 is 8.78 Å². The molecule has 0 unspecified atom stereocenters. The van der Waals surface area contributed by atoms with Gasteiger partial charge in [0.05, 0.1) is 17.2 Å². The molecule has 0 fully saturated rings. The van der Waals surface area contributed by atoms with E-state index in [9.17, 15) is 8.78 Å². The van der Waals surface area contributed by atoms with Crippen molar-refractivity contribution in [2.45, 2.75) is 0 Å². The number of halogens is 2. The van der Waals surface area contributed by atoms with Gasteiger partial charge < -0.3 is 5.73 Å². The molecule has 2 aromatic rings. The molecule has 1 aromatic heterocycles. The highest BCUT2D eigenvalue weighted by Crippen LogP contribution is 2.15. The number of nitrogens with two attached hydrogens (primary N) is 1. The van der Waals surface area contributed by atoms with Crippen molar-refractivity contribution in [3.05, 3.63) is 30.0 Å². The van der Waals surface area contributed by atoms with Gasteiger partial charge in [0, 0.05) is 12.1 Å². The fourth-order valence-electron chi connectivity index (χ4n) is 1.02. The van der Waals surface area contributed by atoms with Crippen molar-refractivity contribution in [2.24, 2.45) is 0 Å². The molecular weight excluding hydrogens is 176 g/mol. The second-order valence-corrected chi connectivity index (χ2v) is 2.55. The number of hydrogen-bond donors (Lipinski definition) is 1. The Morgan fingerprint density at radius 1 is 1.08 bits per heavy atom. The highest BCUT2D eigenvalue weighted by molar-refractivity contribution is 5.75. The van der Waals surface area contributed by atoms with Crippen molar-refractivity contribution in [1.29, 1.82) is 0 Å². The molecule has 0 aliphatic rings. The molecule has 1 heterocycles. The van der Waals surface area contributed by atoms with Crippen LogP contribution in [0.3, 0.4) is 0 Å². The molecule has 66 valence electrons. The van der Waals surface area contributed by atoms with Crippen LogP contribution in [-0.2, 0) is 0 Å². The van der Waals surface area contributed by atoms with E-state index < -0.39 is 11.6 Å². The minimum absolute atomic E-state index is 0.179. The lowest BCUT2D eigenvalue weighted by atomic mass is 10.3. The second kappa shape index (κ2) is 2.62. The molecule has 0 aliphatic carbocycles. The van der Waals surface area contributed by atoms with E-state index in [1.165, 1.54) is 6.20 Å². The van der Waals surface area contributed by atoms with Gasteiger partial charge in [0.2, 0.25) is 0 Å². The van der Waals surface area contributed by atoms with Gasteiger partial charge in [0.25, 0.3) is 0 Å². The standard InChI is InChI=1S/C8H5F2N3/c9-4-1-6-7(2-5(4)10)13-8(11)3-12-6/h1-3H,(H2,11,13). The van der Waals surface area contributed by atoms with Crippen LogP contribution in [0.5, 0.6) is 0 Å². The van der Waals surface area contributed by atoms with Crippen LogP contribution >= 0.6 is 0 Å². The number of rotatable bonds is 0. The van der Waals surface area contributed by atoms with E-state index in [1.54, 1.807) is 0 Å². The van der Waals surface area contributed by atoms with Gasteiger partial charge in [-0.3, -0.25) is 4.98 Å². The van der Waals surface area contributed by atoms with E-state index in [-0.39, 0.29) is 16.9 Å². The Hall–Kier alpha value is -1.78. The average Bonchev–Trinajstić information content (AvgIpc) is 2.08. The van der Waals surface area contributed by atoms with Gasteiger partial charge in [-0.05, 0) is 0 Å². The smallest absolute Gasteiger partial charge is 0.161 e. The Balaban J connectivity index is 2.81. The van der Waals surface area contributed by atoms with E-state index in [1.807, 2.05) is 0 Å². The third-order valence-corrected chi connectivity index (χ3v) is 1.60. The molecule has 2 rings (SSSR count). The molecule has 1 aromatic carbocycles. The Kier molecular flexibility index (Phi) is 1.58. The number of nitrogen functional groups attached to an aromatic ring is 1. The summed E-state index contributed by atoms with van der Waals surface area (Å²) in [5.74, 6) is -1.71. The number of anilines is 1. The van der Waals surface area contributed by atoms with Crippen LogP contribution in [-0.4, -0.2) is 9.97 Å². The third-order valence-electron chi connectivity index (χ3n) is 1.60. The zero-order valence-electron chi connectivity index (χ0n) is 6.46. The maximum Gasteiger partial charge on any atom is 0.161 e. The molecule has 0 atom stereocenters. The van der Waals surface area contributed by atoms with Crippen molar-refractivity contribution in [3.8, 4) is 0 Å². The normalized spacial score (nSPS) is 10.6. The summed E-state index contributed by atoms with van der Waals surface area (Å²) < 4.78 is 25.4. The Labute approximate surface area is 72.2 Å². The van der Waals surface area contributed by atoms with Crippen LogP contribution in [0, 0.1) is 11.6 Å². The summed E-state index contributed by atoms with van der Waals surface area (Å²) in [6.07, 6.45) is 1.29. The first-order chi connectivity index (χ1) is 6.16. The van der Waals surface area contributed by atoms with E-state index in [0.29, 0.717) is 0 Å². The number of nitrogens with zero attached hydrogens (tertiary/aromatic N) is 2.